The molecule has 0 atom stereocenters. The van der Waals surface area contributed by atoms with E-state index in [4.69, 9.17) is 0 Å². The van der Waals surface area contributed by atoms with Gasteiger partial charge in [-0.15, -0.1) is 0 Å². The Hall–Kier alpha value is 0.610. The van der Waals surface area contributed by atoms with Crippen LogP contribution in [0.4, 0.5) is 0 Å². The van der Waals surface area contributed by atoms with E-state index in [0.29, 0.717) is 0 Å². The highest BCUT2D eigenvalue weighted by Gasteiger charge is 2.06. The normalized spacial score (nSPS) is 10.6. The molecule has 0 aliphatic heterocycles. The predicted octanol–water partition coefficient (Wildman–Crippen LogP) is 4.03. The van der Waals surface area contributed by atoms with Crippen molar-refractivity contribution in [3.8, 4) is 0 Å². The largest absolute Gasteiger partial charge is 0.0657 e. The van der Waals surface area contributed by atoms with Gasteiger partial charge in [0.2, 0.25) is 0 Å². The zero-order valence-electron chi connectivity index (χ0n) is 6.44. The Morgan fingerprint density at radius 2 is 1.82 bits per heavy atom. The summed E-state index contributed by atoms with van der Waals surface area (Å²) in [6.07, 6.45) is 0. The van der Waals surface area contributed by atoms with Gasteiger partial charge in [0.25, 0.3) is 0 Å². The van der Waals surface area contributed by atoms with Gasteiger partial charge in [0.15, 0.2) is 0 Å². The van der Waals surface area contributed by atoms with Crippen molar-refractivity contribution in [2.45, 2.75) is 13.8 Å². The lowest BCUT2D eigenvalue weighted by Crippen LogP contribution is -2.01. The van der Waals surface area contributed by atoms with Crippen LogP contribution in [0.2, 0.25) is 0 Å². The van der Waals surface area contributed by atoms with E-state index in [-0.39, 0.29) is 5.33 Å². The van der Waals surface area contributed by atoms with Crippen molar-refractivity contribution in [2.75, 3.05) is 0 Å². The lowest BCUT2D eigenvalue weighted by molar-refractivity contribution is 1.37. The summed E-state index contributed by atoms with van der Waals surface area (Å²) in [5.74, 6) is 0. The zero-order chi connectivity index (χ0) is 8.43. The molecular weight excluding hydrogens is 287 g/mol. The Balaban J connectivity index is 3.17. The molecular formula is C8H9Br2P. The third-order valence-corrected chi connectivity index (χ3v) is 4.90. The Labute approximate surface area is 84.6 Å². The highest BCUT2D eigenvalue weighted by Crippen LogP contribution is 2.51. The van der Waals surface area contributed by atoms with Gasteiger partial charge in [-0.3, -0.25) is 0 Å². The average molecular weight is 296 g/mol. The summed E-state index contributed by atoms with van der Waals surface area (Å²) in [7, 11) is 0. The first-order valence-electron chi connectivity index (χ1n) is 3.31. The minimum atomic E-state index is -0.308. The highest BCUT2D eigenvalue weighted by atomic mass is 79.9. The molecule has 1 aromatic carbocycles. The Bertz CT molecular complexity index is 258. The zero-order valence-corrected chi connectivity index (χ0v) is 10.5. The number of hydrogen-bond donors (Lipinski definition) is 0. The van der Waals surface area contributed by atoms with Gasteiger partial charge in [0.1, 0.15) is 0 Å². The molecule has 0 nitrogen and oxygen atoms in total. The molecule has 0 radical (unpaired) electrons. The van der Waals surface area contributed by atoms with Gasteiger partial charge in [-0.1, -0.05) is 18.2 Å². The summed E-state index contributed by atoms with van der Waals surface area (Å²) in [5.41, 5.74) is 2.74. The maximum Gasteiger partial charge on any atom is 0.0657 e. The molecule has 0 unspecified atom stereocenters. The van der Waals surface area contributed by atoms with Crippen molar-refractivity contribution in [3.05, 3.63) is 29.3 Å². The monoisotopic (exact) mass is 294 g/mol. The van der Waals surface area contributed by atoms with E-state index in [1.54, 1.807) is 0 Å². The fourth-order valence-corrected chi connectivity index (χ4v) is 3.85. The number of rotatable bonds is 1. The van der Waals surface area contributed by atoms with Crippen LogP contribution in [-0.4, -0.2) is 0 Å². The summed E-state index contributed by atoms with van der Waals surface area (Å²) >= 11 is 7.10. The Morgan fingerprint density at radius 3 is 2.27 bits per heavy atom. The van der Waals surface area contributed by atoms with Crippen LogP contribution in [0.5, 0.6) is 0 Å². The van der Waals surface area contributed by atoms with Crippen molar-refractivity contribution in [2.24, 2.45) is 0 Å². The maximum atomic E-state index is 3.55. The van der Waals surface area contributed by atoms with Gasteiger partial charge in [-0.05, 0) is 56.0 Å². The molecule has 0 fully saturated rings. The Morgan fingerprint density at radius 1 is 1.18 bits per heavy atom. The van der Waals surface area contributed by atoms with Crippen LogP contribution in [0.15, 0.2) is 18.2 Å². The quantitative estimate of drug-likeness (QED) is 0.686. The van der Waals surface area contributed by atoms with E-state index in [1.807, 2.05) is 0 Å². The van der Waals surface area contributed by atoms with Gasteiger partial charge in [-0.25, -0.2) is 0 Å². The summed E-state index contributed by atoms with van der Waals surface area (Å²) in [4.78, 5) is 0. The van der Waals surface area contributed by atoms with Crippen LogP contribution in [-0.2, 0) is 0 Å². The van der Waals surface area contributed by atoms with Crippen molar-refractivity contribution >= 4 is 41.6 Å². The van der Waals surface area contributed by atoms with Crippen LogP contribution in [0.25, 0.3) is 0 Å². The van der Waals surface area contributed by atoms with Crippen molar-refractivity contribution in [1.82, 2.24) is 0 Å². The van der Waals surface area contributed by atoms with Gasteiger partial charge in [0.05, 0.1) is 5.33 Å². The molecule has 0 saturated carbocycles. The van der Waals surface area contributed by atoms with Gasteiger partial charge in [0, 0.05) is 5.30 Å². The van der Waals surface area contributed by atoms with Crippen LogP contribution >= 0.6 is 36.3 Å². The van der Waals surface area contributed by atoms with Crippen molar-refractivity contribution in [3.63, 3.8) is 0 Å². The van der Waals surface area contributed by atoms with E-state index in [1.165, 1.54) is 16.4 Å². The second-order valence-electron chi connectivity index (χ2n) is 2.45. The standard InChI is InChI=1S/C8H9Br2P/c1-6-4-3-5-8(7(6)2)11(9)10/h3-5H,1-2H3. The van der Waals surface area contributed by atoms with E-state index in [9.17, 15) is 0 Å². The highest BCUT2D eigenvalue weighted by molar-refractivity contribution is 9.70. The first-order valence-corrected chi connectivity index (χ1v) is 8.68. The first-order chi connectivity index (χ1) is 5.13. The fourth-order valence-electron chi connectivity index (χ4n) is 0.919. The minimum Gasteiger partial charge on any atom is -0.0613 e. The second-order valence-corrected chi connectivity index (χ2v) is 10.5. The molecule has 60 valence electrons. The predicted molar refractivity (Wildman–Crippen MR) is 60.3 cm³/mol. The number of halogens is 2. The molecule has 0 saturated heterocycles. The third kappa shape index (κ3) is 2.27. The average Bonchev–Trinajstić information content (AvgIpc) is 1.94. The maximum absolute atomic E-state index is 3.55. The summed E-state index contributed by atoms with van der Waals surface area (Å²) in [5, 5.41) is 1.07. The van der Waals surface area contributed by atoms with Gasteiger partial charge < -0.3 is 0 Å². The molecule has 0 aromatic heterocycles. The molecule has 0 aliphatic carbocycles. The summed E-state index contributed by atoms with van der Waals surface area (Å²) in [6, 6.07) is 6.38. The molecule has 1 aromatic rings. The van der Waals surface area contributed by atoms with Crippen LogP contribution in [0.1, 0.15) is 11.1 Å². The topological polar surface area (TPSA) is 0 Å². The molecule has 1 rings (SSSR count). The number of aryl methyl sites for hydroxylation is 1. The van der Waals surface area contributed by atoms with Crippen LogP contribution in [0.3, 0.4) is 0 Å². The number of benzene rings is 1. The van der Waals surface area contributed by atoms with E-state index < -0.39 is 0 Å². The van der Waals surface area contributed by atoms with Gasteiger partial charge >= 0.3 is 0 Å². The molecule has 0 bridgehead atoms. The smallest absolute Gasteiger partial charge is 0.0613 e. The molecule has 0 aliphatic rings. The molecule has 0 heterocycles. The minimum absolute atomic E-state index is 0.308. The SMILES string of the molecule is Cc1cccc(P(Br)Br)c1C. The fraction of sp³-hybridized carbons (Fsp3) is 0.250. The first kappa shape index (κ1) is 9.70. The molecule has 11 heavy (non-hydrogen) atoms. The van der Waals surface area contributed by atoms with E-state index >= 15 is 0 Å². The molecule has 0 N–H and O–H groups in total. The van der Waals surface area contributed by atoms with Gasteiger partial charge in [-0.2, -0.15) is 0 Å². The summed E-state index contributed by atoms with van der Waals surface area (Å²) in [6.45, 7) is 4.29. The molecule has 0 spiro atoms. The second kappa shape index (κ2) is 4.02. The van der Waals surface area contributed by atoms with Crippen molar-refractivity contribution in [1.29, 1.82) is 0 Å². The molecule has 3 heteroatoms. The van der Waals surface area contributed by atoms with E-state index in [2.05, 4.69) is 63.0 Å². The number of hydrogen-bond acceptors (Lipinski definition) is 0. The van der Waals surface area contributed by atoms with Crippen molar-refractivity contribution < 1.29 is 0 Å². The van der Waals surface area contributed by atoms with Crippen LogP contribution < -0.4 is 5.30 Å². The Kier molecular flexibility index (Phi) is 3.54. The van der Waals surface area contributed by atoms with E-state index in [0.717, 1.165) is 0 Å². The third-order valence-electron chi connectivity index (χ3n) is 1.76. The van der Waals surface area contributed by atoms with Crippen LogP contribution in [0, 0.1) is 13.8 Å². The lowest BCUT2D eigenvalue weighted by Gasteiger charge is -2.08. The lowest BCUT2D eigenvalue weighted by atomic mass is 10.1. The summed E-state index contributed by atoms with van der Waals surface area (Å²) < 4.78 is 0. The molecule has 0 amide bonds.